The summed E-state index contributed by atoms with van der Waals surface area (Å²) in [5.41, 5.74) is 1.47. The molecule has 0 saturated carbocycles. The first-order valence-corrected chi connectivity index (χ1v) is 7.03. The van der Waals surface area contributed by atoms with Crippen LogP contribution in [0.25, 0.3) is 5.57 Å². The monoisotopic (exact) mass is 268 g/mol. The van der Waals surface area contributed by atoms with E-state index in [1.165, 1.54) is 7.05 Å². The van der Waals surface area contributed by atoms with E-state index in [1.54, 1.807) is 0 Å². The molecule has 0 aromatic heterocycles. The van der Waals surface area contributed by atoms with Crippen LogP contribution in [0.1, 0.15) is 18.9 Å². The minimum absolute atomic E-state index is 0.554. The average Bonchev–Trinajstić information content (AvgIpc) is 2.36. The Labute approximate surface area is 107 Å². The van der Waals surface area contributed by atoms with Gasteiger partial charge in [-0.1, -0.05) is 37.3 Å². The van der Waals surface area contributed by atoms with E-state index in [0.29, 0.717) is 12.0 Å². The Kier molecular flexibility index (Phi) is 4.91. The fourth-order valence-corrected chi connectivity index (χ4v) is 2.50. The molecule has 0 atom stereocenters. The van der Waals surface area contributed by atoms with Crippen molar-refractivity contribution in [3.63, 3.8) is 0 Å². The zero-order chi connectivity index (χ0) is 13.6. The van der Waals surface area contributed by atoms with Crippen LogP contribution in [-0.4, -0.2) is 21.5 Å². The van der Waals surface area contributed by atoms with Gasteiger partial charge in [-0.15, -0.1) is 0 Å². The highest BCUT2D eigenvalue weighted by molar-refractivity contribution is 7.93. The number of benzene rings is 1. The number of allylic oxidation sites excluding steroid dienone is 1. The zero-order valence-electron chi connectivity index (χ0n) is 10.3. The average molecular weight is 268 g/mol. The molecule has 0 fully saturated rings. The van der Waals surface area contributed by atoms with Crippen molar-refractivity contribution in [2.75, 3.05) is 7.05 Å². The number of nitrogens with one attached hydrogen (secondary N) is 2. The molecule has 0 spiro atoms. The van der Waals surface area contributed by atoms with Crippen molar-refractivity contribution >= 4 is 21.6 Å². The summed E-state index contributed by atoms with van der Waals surface area (Å²) in [5, 5.41) is 3.27. The summed E-state index contributed by atoms with van der Waals surface area (Å²) in [6.45, 7) is 1.86. The molecule has 1 aromatic carbocycles. The van der Waals surface area contributed by atoms with Crippen LogP contribution in [0.2, 0.25) is 0 Å². The standard InChI is InChI=1S/C12H16N2O3S/c1-3-10(11-7-5-4-6-8-11)9-18(16,17)14-12(15)13-2/h4-9H,3H2,1-2H3,(H2,13,14,15). The van der Waals surface area contributed by atoms with Crippen LogP contribution in [0, 0.1) is 0 Å². The minimum atomic E-state index is -3.78. The number of hydrogen-bond donors (Lipinski definition) is 2. The van der Waals surface area contributed by atoms with Gasteiger partial charge < -0.3 is 5.32 Å². The van der Waals surface area contributed by atoms with E-state index in [2.05, 4.69) is 5.32 Å². The first-order valence-electron chi connectivity index (χ1n) is 5.49. The van der Waals surface area contributed by atoms with Crippen LogP contribution in [-0.2, 0) is 10.0 Å². The number of sulfonamides is 1. The van der Waals surface area contributed by atoms with Gasteiger partial charge in [-0.2, -0.15) is 0 Å². The van der Waals surface area contributed by atoms with Crippen LogP contribution in [0.15, 0.2) is 35.7 Å². The zero-order valence-corrected chi connectivity index (χ0v) is 11.1. The Bertz CT molecular complexity index is 536. The molecule has 0 aliphatic carbocycles. The molecule has 0 heterocycles. The third-order valence-corrected chi connectivity index (χ3v) is 3.35. The number of carbonyl (C=O) groups is 1. The predicted molar refractivity (Wildman–Crippen MR) is 71.2 cm³/mol. The topological polar surface area (TPSA) is 75.3 Å². The van der Waals surface area contributed by atoms with Crippen LogP contribution in [0.5, 0.6) is 0 Å². The molecule has 0 radical (unpaired) electrons. The number of rotatable bonds is 4. The Morgan fingerprint density at radius 2 is 1.89 bits per heavy atom. The van der Waals surface area contributed by atoms with Crippen molar-refractivity contribution in [1.29, 1.82) is 0 Å². The van der Waals surface area contributed by atoms with E-state index in [1.807, 2.05) is 42.0 Å². The summed E-state index contributed by atoms with van der Waals surface area (Å²) in [7, 11) is -2.42. The van der Waals surface area contributed by atoms with Gasteiger partial charge in [0.15, 0.2) is 0 Å². The van der Waals surface area contributed by atoms with Crippen molar-refractivity contribution in [2.45, 2.75) is 13.3 Å². The second kappa shape index (κ2) is 6.20. The molecule has 5 nitrogen and oxygen atoms in total. The second-order valence-corrected chi connectivity index (χ2v) is 5.12. The molecule has 0 bridgehead atoms. The highest BCUT2D eigenvalue weighted by Crippen LogP contribution is 2.18. The highest BCUT2D eigenvalue weighted by Gasteiger charge is 2.12. The summed E-state index contributed by atoms with van der Waals surface area (Å²) < 4.78 is 25.3. The van der Waals surface area contributed by atoms with Gasteiger partial charge in [-0.05, 0) is 17.6 Å². The highest BCUT2D eigenvalue weighted by atomic mass is 32.2. The van der Waals surface area contributed by atoms with Gasteiger partial charge in [0.1, 0.15) is 0 Å². The van der Waals surface area contributed by atoms with E-state index < -0.39 is 16.1 Å². The molecule has 0 unspecified atom stereocenters. The largest absolute Gasteiger partial charge is 0.340 e. The van der Waals surface area contributed by atoms with Crippen molar-refractivity contribution in [1.82, 2.24) is 10.0 Å². The minimum Gasteiger partial charge on any atom is -0.340 e. The van der Waals surface area contributed by atoms with Crippen molar-refractivity contribution in [3.8, 4) is 0 Å². The van der Waals surface area contributed by atoms with Gasteiger partial charge in [0.2, 0.25) is 0 Å². The third-order valence-electron chi connectivity index (χ3n) is 2.28. The maximum atomic E-state index is 11.7. The second-order valence-electron chi connectivity index (χ2n) is 3.59. The lowest BCUT2D eigenvalue weighted by molar-refractivity contribution is 0.248. The van der Waals surface area contributed by atoms with E-state index in [9.17, 15) is 13.2 Å². The molecule has 1 rings (SSSR count). The third kappa shape index (κ3) is 4.21. The molecular formula is C12H16N2O3S. The maximum absolute atomic E-state index is 11.7. The Hall–Kier alpha value is -1.82. The smallest absolute Gasteiger partial charge is 0.328 e. The van der Waals surface area contributed by atoms with Crippen LogP contribution < -0.4 is 10.0 Å². The van der Waals surface area contributed by atoms with Crippen LogP contribution >= 0.6 is 0 Å². The SMILES string of the molecule is CCC(=CS(=O)(=O)NC(=O)NC)c1ccccc1. The van der Waals surface area contributed by atoms with Gasteiger partial charge >= 0.3 is 6.03 Å². The van der Waals surface area contributed by atoms with Gasteiger partial charge in [0.25, 0.3) is 10.0 Å². The molecular weight excluding hydrogens is 252 g/mol. The number of carbonyl (C=O) groups excluding carboxylic acids is 1. The summed E-state index contributed by atoms with van der Waals surface area (Å²) in [5.74, 6) is 0. The lowest BCUT2D eigenvalue weighted by Crippen LogP contribution is -2.36. The first-order chi connectivity index (χ1) is 8.48. The number of amides is 2. The van der Waals surface area contributed by atoms with E-state index in [-0.39, 0.29) is 0 Å². The molecule has 6 heteroatoms. The summed E-state index contributed by atoms with van der Waals surface area (Å²) in [6.07, 6.45) is 0.554. The van der Waals surface area contributed by atoms with Crippen molar-refractivity contribution in [3.05, 3.63) is 41.3 Å². The van der Waals surface area contributed by atoms with Crippen LogP contribution in [0.3, 0.4) is 0 Å². The van der Waals surface area contributed by atoms with Crippen LogP contribution in [0.4, 0.5) is 4.79 Å². The van der Waals surface area contributed by atoms with Gasteiger partial charge in [0, 0.05) is 7.05 Å². The molecule has 2 N–H and O–H groups in total. The fourth-order valence-electron chi connectivity index (χ4n) is 1.40. The molecule has 0 saturated heterocycles. The molecule has 98 valence electrons. The van der Waals surface area contributed by atoms with Gasteiger partial charge in [0.05, 0.1) is 5.41 Å². The van der Waals surface area contributed by atoms with E-state index in [0.717, 1.165) is 11.0 Å². The Balaban J connectivity index is 3.02. The number of hydrogen-bond acceptors (Lipinski definition) is 3. The summed E-state index contributed by atoms with van der Waals surface area (Å²) >= 11 is 0. The van der Waals surface area contributed by atoms with Crippen molar-refractivity contribution < 1.29 is 13.2 Å². The van der Waals surface area contributed by atoms with E-state index >= 15 is 0 Å². The summed E-state index contributed by atoms with van der Waals surface area (Å²) in [4.78, 5) is 11.0. The predicted octanol–water partition coefficient (Wildman–Crippen LogP) is 1.70. The van der Waals surface area contributed by atoms with Gasteiger partial charge in [-0.25, -0.2) is 17.9 Å². The quantitative estimate of drug-likeness (QED) is 0.872. The molecule has 18 heavy (non-hydrogen) atoms. The van der Waals surface area contributed by atoms with Crippen molar-refractivity contribution in [2.24, 2.45) is 0 Å². The van der Waals surface area contributed by atoms with E-state index in [4.69, 9.17) is 0 Å². The molecule has 0 aliphatic rings. The lowest BCUT2D eigenvalue weighted by Gasteiger charge is -2.06. The normalized spacial score (nSPS) is 12.0. The number of urea groups is 1. The Morgan fingerprint density at radius 1 is 1.28 bits per heavy atom. The molecule has 2 amide bonds. The molecule has 1 aromatic rings. The fraction of sp³-hybridized carbons (Fsp3) is 0.250. The lowest BCUT2D eigenvalue weighted by atomic mass is 10.1. The first kappa shape index (κ1) is 14.2. The van der Waals surface area contributed by atoms with Gasteiger partial charge in [-0.3, -0.25) is 0 Å². The maximum Gasteiger partial charge on any atom is 0.328 e. The summed E-state index contributed by atoms with van der Waals surface area (Å²) in [6, 6.07) is 8.41. The Morgan fingerprint density at radius 3 is 2.39 bits per heavy atom. The molecule has 0 aliphatic heterocycles.